The molecule has 2 aliphatic carbocycles. The monoisotopic (exact) mass is 683 g/mol. The summed E-state index contributed by atoms with van der Waals surface area (Å²) < 4.78 is 12.7. The first-order valence-electron chi connectivity index (χ1n) is 18.2. The minimum atomic E-state index is -0.303. The fraction of sp³-hybridized carbons (Fsp3) is 0.104. The van der Waals surface area contributed by atoms with Gasteiger partial charge in [-0.3, -0.25) is 0 Å². The van der Waals surface area contributed by atoms with Gasteiger partial charge in [0.1, 0.15) is 28.2 Å². The van der Waals surface area contributed by atoms with Crippen molar-refractivity contribution in [1.29, 1.82) is 0 Å². The Kier molecular flexibility index (Phi) is 6.50. The van der Waals surface area contributed by atoms with Crippen molar-refractivity contribution in [2.75, 3.05) is 0 Å². The van der Waals surface area contributed by atoms with E-state index < -0.39 is 0 Å². The third-order valence-corrected chi connectivity index (χ3v) is 11.3. The second-order valence-corrected chi connectivity index (χ2v) is 14.7. The largest absolute Gasteiger partial charge is 0.456 e. The van der Waals surface area contributed by atoms with Crippen molar-refractivity contribution in [1.82, 2.24) is 15.0 Å². The second kappa shape index (κ2) is 11.5. The molecule has 3 aromatic heterocycles. The Balaban J connectivity index is 1.07. The maximum Gasteiger partial charge on any atom is 0.164 e. The van der Waals surface area contributed by atoms with Crippen LogP contribution in [0.4, 0.5) is 0 Å². The summed E-state index contributed by atoms with van der Waals surface area (Å²) >= 11 is 0. The lowest BCUT2D eigenvalue weighted by atomic mass is 9.66. The molecule has 252 valence electrons. The van der Waals surface area contributed by atoms with E-state index in [1.54, 1.807) is 0 Å². The Hall–Kier alpha value is -6.59. The smallest absolute Gasteiger partial charge is 0.164 e. The van der Waals surface area contributed by atoms with Gasteiger partial charge in [0.2, 0.25) is 0 Å². The minimum Gasteiger partial charge on any atom is -0.456 e. The molecule has 53 heavy (non-hydrogen) atoms. The number of rotatable bonds is 4. The molecular formula is C48H33N3O2. The van der Waals surface area contributed by atoms with Crippen molar-refractivity contribution in [3.63, 3.8) is 0 Å². The summed E-state index contributed by atoms with van der Waals surface area (Å²) in [5, 5.41) is 4.25. The van der Waals surface area contributed by atoms with Gasteiger partial charge in [-0.1, -0.05) is 122 Å². The van der Waals surface area contributed by atoms with Crippen LogP contribution in [-0.2, 0) is 5.41 Å². The first-order valence-corrected chi connectivity index (χ1v) is 18.2. The summed E-state index contributed by atoms with van der Waals surface area (Å²) in [6.07, 6.45) is 8.68. The average Bonchev–Trinajstić information content (AvgIpc) is 3.78. The van der Waals surface area contributed by atoms with Crippen molar-refractivity contribution in [2.45, 2.75) is 31.1 Å². The predicted octanol–water partition coefficient (Wildman–Crippen LogP) is 12.5. The molecule has 6 aromatic carbocycles. The lowest BCUT2D eigenvalue weighted by molar-refractivity contribution is 0.372. The van der Waals surface area contributed by atoms with Crippen LogP contribution in [-0.4, -0.2) is 15.0 Å². The fourth-order valence-corrected chi connectivity index (χ4v) is 8.54. The van der Waals surface area contributed by atoms with Gasteiger partial charge in [-0.05, 0) is 77.1 Å². The third kappa shape index (κ3) is 4.81. The highest BCUT2D eigenvalue weighted by atomic mass is 16.3. The molecule has 0 radical (unpaired) electrons. The Bertz CT molecular complexity index is 2990. The highest BCUT2D eigenvalue weighted by Crippen LogP contribution is 2.48. The molecule has 2 atom stereocenters. The second-order valence-electron chi connectivity index (χ2n) is 14.7. The Morgan fingerprint density at radius 1 is 0.566 bits per heavy atom. The summed E-state index contributed by atoms with van der Waals surface area (Å²) in [5.74, 6) is 2.42. The standard InChI is InChI=1S/C48H33N3O2/c1-48(25-24-30-19-18-29-10-5-6-13-34(29)39(30)28-48)47-50-45(31-11-3-2-4-12-31)49-46(51-47)37-15-9-17-42-44(37)38-26-32(21-23-41(38)52-42)33-20-22-36-35-14-7-8-16-40(35)53-43(36)27-33/h2-24,26-27,39H,25,28H2,1H3. The Labute approximate surface area is 306 Å². The van der Waals surface area contributed by atoms with E-state index in [1.807, 2.05) is 42.5 Å². The molecule has 0 bridgehead atoms. The summed E-state index contributed by atoms with van der Waals surface area (Å²) in [6, 6.07) is 46.2. The highest BCUT2D eigenvalue weighted by molar-refractivity contribution is 6.13. The average molecular weight is 684 g/mol. The molecule has 0 amide bonds. The van der Waals surface area contributed by atoms with Crippen molar-refractivity contribution in [3.8, 4) is 33.9 Å². The van der Waals surface area contributed by atoms with Crippen LogP contribution in [0.1, 0.15) is 42.6 Å². The normalized spacial score (nSPS) is 18.1. The van der Waals surface area contributed by atoms with E-state index in [-0.39, 0.29) is 11.3 Å². The number of fused-ring (bicyclic) bond motifs is 9. The topological polar surface area (TPSA) is 65.0 Å². The molecule has 0 saturated carbocycles. The maximum absolute atomic E-state index is 6.49. The lowest BCUT2D eigenvalue weighted by Crippen LogP contribution is -2.32. The van der Waals surface area contributed by atoms with E-state index in [0.717, 1.165) is 84.8 Å². The Morgan fingerprint density at radius 2 is 1.30 bits per heavy atom. The fourth-order valence-electron chi connectivity index (χ4n) is 8.54. The van der Waals surface area contributed by atoms with Crippen LogP contribution < -0.4 is 0 Å². The van der Waals surface area contributed by atoms with Crippen LogP contribution in [0.5, 0.6) is 0 Å². The van der Waals surface area contributed by atoms with E-state index in [0.29, 0.717) is 11.6 Å². The van der Waals surface area contributed by atoms with E-state index in [9.17, 15) is 0 Å². The van der Waals surface area contributed by atoms with Gasteiger partial charge < -0.3 is 8.83 Å². The molecular weight excluding hydrogens is 651 g/mol. The van der Waals surface area contributed by atoms with Gasteiger partial charge in [-0.15, -0.1) is 0 Å². The molecule has 9 aromatic rings. The molecule has 11 rings (SSSR count). The molecule has 2 aliphatic rings. The van der Waals surface area contributed by atoms with Crippen LogP contribution in [0.25, 0.3) is 83.9 Å². The first-order chi connectivity index (χ1) is 26.1. The number of furan rings is 2. The summed E-state index contributed by atoms with van der Waals surface area (Å²) in [4.78, 5) is 15.8. The maximum atomic E-state index is 6.49. The molecule has 5 heteroatoms. The van der Waals surface area contributed by atoms with Gasteiger partial charge >= 0.3 is 0 Å². The van der Waals surface area contributed by atoms with Gasteiger partial charge in [0.15, 0.2) is 11.6 Å². The van der Waals surface area contributed by atoms with Crippen molar-refractivity contribution >= 4 is 50.0 Å². The van der Waals surface area contributed by atoms with Gasteiger partial charge in [0.05, 0.1) is 0 Å². The number of aromatic nitrogens is 3. The SMILES string of the molecule is CC1(c2nc(-c3ccccc3)nc(-c3cccc4oc5ccc(-c6ccc7c(c6)oc6ccccc67)cc5c34)n2)CC=C2C=Cc3ccccc3C2C1. The summed E-state index contributed by atoms with van der Waals surface area (Å²) in [7, 11) is 0. The number of benzene rings is 6. The molecule has 0 fully saturated rings. The quantitative estimate of drug-likeness (QED) is 0.185. The molecule has 0 saturated heterocycles. The number of nitrogens with zero attached hydrogens (tertiary/aromatic N) is 3. The molecule has 0 spiro atoms. The Morgan fingerprint density at radius 3 is 2.25 bits per heavy atom. The molecule has 3 heterocycles. The molecule has 5 nitrogen and oxygen atoms in total. The molecule has 0 aliphatic heterocycles. The zero-order valence-electron chi connectivity index (χ0n) is 29.1. The molecule has 0 N–H and O–H groups in total. The number of allylic oxidation sites excluding steroid dienone is 3. The van der Waals surface area contributed by atoms with Crippen LogP contribution in [0, 0.1) is 0 Å². The van der Waals surface area contributed by atoms with Crippen molar-refractivity contribution in [3.05, 3.63) is 168 Å². The van der Waals surface area contributed by atoms with Crippen LogP contribution in [0.2, 0.25) is 0 Å². The number of hydrogen-bond donors (Lipinski definition) is 0. The van der Waals surface area contributed by atoms with E-state index in [2.05, 4.69) is 116 Å². The van der Waals surface area contributed by atoms with Gasteiger partial charge in [-0.25, -0.2) is 15.0 Å². The van der Waals surface area contributed by atoms with Crippen LogP contribution >= 0.6 is 0 Å². The van der Waals surface area contributed by atoms with Crippen LogP contribution in [0.15, 0.2) is 160 Å². The minimum absolute atomic E-state index is 0.286. The van der Waals surface area contributed by atoms with Gasteiger partial charge in [0, 0.05) is 44.0 Å². The predicted molar refractivity (Wildman–Crippen MR) is 214 cm³/mol. The van der Waals surface area contributed by atoms with Crippen molar-refractivity contribution in [2.24, 2.45) is 0 Å². The zero-order valence-corrected chi connectivity index (χ0v) is 29.1. The van der Waals surface area contributed by atoms with E-state index in [4.69, 9.17) is 23.8 Å². The third-order valence-electron chi connectivity index (χ3n) is 11.3. The molecule has 2 unspecified atom stereocenters. The van der Waals surface area contributed by atoms with Gasteiger partial charge in [-0.2, -0.15) is 0 Å². The highest BCUT2D eigenvalue weighted by Gasteiger charge is 2.39. The lowest BCUT2D eigenvalue weighted by Gasteiger charge is -2.38. The summed E-state index contributed by atoms with van der Waals surface area (Å²) in [5.41, 5.74) is 11.2. The number of para-hydroxylation sites is 1. The zero-order chi connectivity index (χ0) is 35.1. The first kappa shape index (κ1) is 30.1. The number of hydrogen-bond acceptors (Lipinski definition) is 5. The van der Waals surface area contributed by atoms with E-state index >= 15 is 0 Å². The van der Waals surface area contributed by atoms with Crippen LogP contribution in [0.3, 0.4) is 0 Å². The van der Waals surface area contributed by atoms with Crippen molar-refractivity contribution < 1.29 is 8.83 Å². The van der Waals surface area contributed by atoms with Gasteiger partial charge in [0.25, 0.3) is 0 Å². The summed E-state index contributed by atoms with van der Waals surface area (Å²) in [6.45, 7) is 2.31. The van der Waals surface area contributed by atoms with E-state index in [1.165, 1.54) is 16.7 Å².